The van der Waals surface area contributed by atoms with Crippen molar-refractivity contribution in [3.05, 3.63) is 12.2 Å². The van der Waals surface area contributed by atoms with Crippen molar-refractivity contribution in [3.63, 3.8) is 0 Å². The molecule has 20 heavy (non-hydrogen) atoms. The molecule has 0 unspecified atom stereocenters. The number of aliphatic hydroxyl groups excluding tert-OH is 2. The van der Waals surface area contributed by atoms with E-state index in [1.807, 2.05) is 0 Å². The van der Waals surface area contributed by atoms with E-state index >= 15 is 0 Å². The van der Waals surface area contributed by atoms with Crippen molar-refractivity contribution in [1.29, 1.82) is 0 Å². The second-order valence-electron chi connectivity index (χ2n) is 4.91. The summed E-state index contributed by atoms with van der Waals surface area (Å²) in [5.41, 5.74) is 0. The predicted octanol–water partition coefficient (Wildman–Crippen LogP) is 0.940. The Morgan fingerprint density at radius 1 is 1.15 bits per heavy atom. The number of hydrogen-bond acceptors (Lipinski definition) is 4. The molecule has 0 radical (unpaired) electrons. The molecule has 3 N–H and O–H groups in total. The first-order valence-corrected chi connectivity index (χ1v) is 7.11. The zero-order valence-electron chi connectivity index (χ0n) is 12.3. The number of nitrogens with zero attached hydrogens (tertiary/aromatic N) is 1. The molecule has 0 spiro atoms. The van der Waals surface area contributed by atoms with Crippen LogP contribution < -0.4 is 0 Å². The molecular weight excluding hydrogens is 262 g/mol. The lowest BCUT2D eigenvalue weighted by atomic mass is 10.2. The highest BCUT2D eigenvalue weighted by Gasteiger charge is 2.28. The van der Waals surface area contributed by atoms with E-state index < -0.39 is 19.4 Å². The monoisotopic (exact) mass is 290 g/mol. The van der Waals surface area contributed by atoms with E-state index in [0.717, 1.165) is 12.8 Å². The molecule has 0 heterocycles. The maximum Gasteiger partial charge on any atom is 0.359 e. The highest BCUT2D eigenvalue weighted by Crippen LogP contribution is 2.04. The fourth-order valence-electron chi connectivity index (χ4n) is 1.72. The number of aliphatic hydroxyl groups is 2. The Balaban J connectivity index is 3.79. The van der Waals surface area contributed by atoms with Crippen LogP contribution in [-0.4, -0.2) is 65.5 Å². The fraction of sp³-hybridized carbons (Fsp3) is 0.786. The molecule has 0 fully saturated rings. The zero-order chi connectivity index (χ0) is 15.3. The second kappa shape index (κ2) is 11.8. The Morgan fingerprint density at radius 2 is 1.80 bits per heavy atom. The van der Waals surface area contributed by atoms with Crippen molar-refractivity contribution < 1.29 is 29.3 Å². The minimum atomic E-state index is -1.05. The molecule has 0 atom stereocenters. The van der Waals surface area contributed by atoms with Crippen LogP contribution in [0.4, 0.5) is 0 Å². The van der Waals surface area contributed by atoms with Gasteiger partial charge in [-0.3, -0.25) is 4.48 Å². The van der Waals surface area contributed by atoms with Crippen LogP contribution in [0, 0.1) is 0 Å². The van der Waals surface area contributed by atoms with Crippen molar-refractivity contribution in [2.24, 2.45) is 0 Å². The zero-order valence-corrected chi connectivity index (χ0v) is 12.3. The molecule has 6 heteroatoms. The van der Waals surface area contributed by atoms with Gasteiger partial charge in [0.1, 0.15) is 6.54 Å². The summed E-state index contributed by atoms with van der Waals surface area (Å²) in [5.74, 6) is -1.05. The van der Waals surface area contributed by atoms with Crippen LogP contribution in [0.2, 0.25) is 0 Å². The smallest absolute Gasteiger partial charge is 0.359 e. The number of ether oxygens (including phenoxy) is 1. The van der Waals surface area contributed by atoms with Crippen LogP contribution in [0.15, 0.2) is 12.2 Å². The van der Waals surface area contributed by atoms with E-state index in [9.17, 15) is 15.0 Å². The van der Waals surface area contributed by atoms with Crippen LogP contribution in [0.1, 0.15) is 32.6 Å². The maximum absolute atomic E-state index is 10.7. The SMILES string of the molecule is CCCC/C=C/CCOCC[N+](CO)(CO)CC(=O)O. The molecule has 0 amide bonds. The topological polar surface area (TPSA) is 87.0 Å². The number of rotatable bonds is 13. The summed E-state index contributed by atoms with van der Waals surface area (Å²) >= 11 is 0. The third kappa shape index (κ3) is 9.03. The fourth-order valence-corrected chi connectivity index (χ4v) is 1.72. The van der Waals surface area contributed by atoms with Crippen molar-refractivity contribution in [3.8, 4) is 0 Å². The Labute approximate surface area is 120 Å². The van der Waals surface area contributed by atoms with Gasteiger partial charge in [0.25, 0.3) is 0 Å². The number of carbonyl (C=O) groups is 1. The van der Waals surface area contributed by atoms with Crippen LogP contribution in [0.25, 0.3) is 0 Å². The van der Waals surface area contributed by atoms with E-state index in [2.05, 4.69) is 19.1 Å². The van der Waals surface area contributed by atoms with Crippen LogP contribution in [-0.2, 0) is 9.53 Å². The Kier molecular flexibility index (Phi) is 11.3. The van der Waals surface area contributed by atoms with E-state index in [1.165, 1.54) is 12.8 Å². The largest absolute Gasteiger partial charge is 0.477 e. The molecule has 0 saturated carbocycles. The van der Waals surface area contributed by atoms with Gasteiger partial charge >= 0.3 is 5.97 Å². The number of unbranched alkanes of at least 4 members (excludes halogenated alkanes) is 2. The molecule has 0 saturated heterocycles. The lowest BCUT2D eigenvalue weighted by Crippen LogP contribution is -2.54. The maximum atomic E-state index is 10.7. The number of carboxylic acid groups (broad SMARTS) is 1. The minimum Gasteiger partial charge on any atom is -0.477 e. The lowest BCUT2D eigenvalue weighted by Gasteiger charge is -2.32. The number of carboxylic acids is 1. The van der Waals surface area contributed by atoms with Gasteiger partial charge in [-0.2, -0.15) is 0 Å². The van der Waals surface area contributed by atoms with Crippen molar-refractivity contribution in [2.75, 3.05) is 39.8 Å². The third-order valence-electron chi connectivity index (χ3n) is 3.10. The highest BCUT2D eigenvalue weighted by atomic mass is 16.5. The molecule has 0 aromatic rings. The number of quaternary nitrogens is 1. The first-order chi connectivity index (χ1) is 9.60. The Morgan fingerprint density at radius 3 is 2.35 bits per heavy atom. The van der Waals surface area contributed by atoms with Gasteiger partial charge in [0.2, 0.25) is 0 Å². The molecule has 0 bridgehead atoms. The summed E-state index contributed by atoms with van der Waals surface area (Å²) in [4.78, 5) is 10.7. The standard InChI is InChI=1S/C14H27NO5/c1-2-3-4-5-6-7-9-20-10-8-15(12-16,13-17)11-14(18)19/h5-6,16-17H,2-4,7-13H2,1H3/p+1/b6-5+. The number of hydrogen-bond donors (Lipinski definition) is 3. The molecule has 6 nitrogen and oxygen atoms in total. The van der Waals surface area contributed by atoms with Gasteiger partial charge in [0.15, 0.2) is 20.0 Å². The van der Waals surface area contributed by atoms with Gasteiger partial charge in [-0.1, -0.05) is 31.9 Å². The molecule has 118 valence electrons. The average molecular weight is 290 g/mol. The van der Waals surface area contributed by atoms with Gasteiger partial charge in [0.05, 0.1) is 13.2 Å². The van der Waals surface area contributed by atoms with E-state index in [0.29, 0.717) is 13.2 Å². The third-order valence-corrected chi connectivity index (χ3v) is 3.10. The molecule has 0 aromatic heterocycles. The Bertz CT molecular complexity index is 277. The quantitative estimate of drug-likeness (QED) is 0.203. The molecule has 0 rings (SSSR count). The molecule has 0 aliphatic heterocycles. The van der Waals surface area contributed by atoms with Gasteiger partial charge in [0, 0.05) is 0 Å². The molecule has 0 aliphatic rings. The van der Waals surface area contributed by atoms with E-state index in [1.54, 1.807) is 0 Å². The minimum absolute atomic E-state index is 0.277. The summed E-state index contributed by atoms with van der Waals surface area (Å²) in [5, 5.41) is 27.2. The predicted molar refractivity (Wildman–Crippen MR) is 75.9 cm³/mol. The normalized spacial score (nSPS) is 12.2. The summed E-state index contributed by atoms with van der Waals surface area (Å²) in [7, 11) is 0. The van der Waals surface area contributed by atoms with E-state index in [4.69, 9.17) is 9.84 Å². The van der Waals surface area contributed by atoms with Crippen molar-refractivity contribution in [2.45, 2.75) is 32.6 Å². The second-order valence-corrected chi connectivity index (χ2v) is 4.91. The summed E-state index contributed by atoms with van der Waals surface area (Å²) < 4.78 is 5.11. The average Bonchev–Trinajstić information content (AvgIpc) is 2.44. The first-order valence-electron chi connectivity index (χ1n) is 7.11. The van der Waals surface area contributed by atoms with Gasteiger partial charge in [-0.05, 0) is 12.8 Å². The summed E-state index contributed by atoms with van der Waals surface area (Å²) in [6, 6.07) is 0. The van der Waals surface area contributed by atoms with Crippen LogP contribution in [0.3, 0.4) is 0 Å². The van der Waals surface area contributed by atoms with Crippen molar-refractivity contribution >= 4 is 5.97 Å². The van der Waals surface area contributed by atoms with E-state index in [-0.39, 0.29) is 17.6 Å². The molecular formula is C14H28NO5+. The lowest BCUT2D eigenvalue weighted by molar-refractivity contribution is -0.955. The number of aliphatic carboxylic acids is 1. The summed E-state index contributed by atoms with van der Waals surface area (Å²) in [6.07, 6.45) is 8.50. The van der Waals surface area contributed by atoms with Crippen LogP contribution >= 0.6 is 0 Å². The highest BCUT2D eigenvalue weighted by molar-refractivity contribution is 5.67. The Hall–Kier alpha value is -0.950. The summed E-state index contributed by atoms with van der Waals surface area (Å²) in [6.45, 7) is 2.17. The molecule has 0 aromatic carbocycles. The van der Waals surface area contributed by atoms with Gasteiger partial charge < -0.3 is 20.1 Å². The molecule has 0 aliphatic carbocycles. The van der Waals surface area contributed by atoms with Gasteiger partial charge in [-0.15, -0.1) is 0 Å². The number of allylic oxidation sites excluding steroid dienone is 1. The van der Waals surface area contributed by atoms with Crippen molar-refractivity contribution in [1.82, 2.24) is 0 Å². The first kappa shape index (κ1) is 19.1. The van der Waals surface area contributed by atoms with Gasteiger partial charge in [-0.25, -0.2) is 4.79 Å². The van der Waals surface area contributed by atoms with Crippen LogP contribution in [0.5, 0.6) is 0 Å².